The number of benzene rings is 1. The van der Waals surface area contributed by atoms with E-state index in [1.807, 2.05) is 12.1 Å². The molecule has 0 bridgehead atoms. The molecule has 0 fully saturated rings. The maximum Gasteiger partial charge on any atom is 0.167 e. The molecule has 1 aromatic carbocycles. The Hall–Kier alpha value is -0.820. The maximum atomic E-state index is 12.1. The molecule has 0 N–H and O–H groups in total. The number of ketones is 1. The summed E-state index contributed by atoms with van der Waals surface area (Å²) in [7, 11) is 0. The molecule has 15 heavy (non-hydrogen) atoms. The van der Waals surface area contributed by atoms with Gasteiger partial charge in [-0.15, -0.1) is 0 Å². The van der Waals surface area contributed by atoms with Crippen LogP contribution in [0.5, 0.6) is 0 Å². The zero-order chi connectivity index (χ0) is 11.2. The molecular formula is C13H15ClO. The van der Waals surface area contributed by atoms with E-state index in [4.69, 9.17) is 11.6 Å². The SMILES string of the molecule is CC(C)(C)C1Cc2ccc(Cl)cc2C1=O. The van der Waals surface area contributed by atoms with Crippen molar-refractivity contribution >= 4 is 17.4 Å². The minimum absolute atomic E-state index is 0.0303. The predicted octanol–water partition coefficient (Wildman–Crippen LogP) is 3.74. The van der Waals surface area contributed by atoms with Crippen molar-refractivity contribution in [2.75, 3.05) is 0 Å². The fraction of sp³-hybridized carbons (Fsp3) is 0.462. The lowest BCUT2D eigenvalue weighted by molar-refractivity contribution is 0.0843. The molecule has 2 heteroatoms. The van der Waals surface area contributed by atoms with Crippen molar-refractivity contribution in [1.82, 2.24) is 0 Å². The molecule has 0 aliphatic heterocycles. The minimum Gasteiger partial charge on any atom is -0.294 e. The van der Waals surface area contributed by atoms with Crippen molar-refractivity contribution < 1.29 is 4.79 Å². The van der Waals surface area contributed by atoms with Gasteiger partial charge in [0.15, 0.2) is 5.78 Å². The highest BCUT2D eigenvalue weighted by molar-refractivity contribution is 6.31. The monoisotopic (exact) mass is 222 g/mol. The van der Waals surface area contributed by atoms with E-state index in [0.717, 1.165) is 17.5 Å². The van der Waals surface area contributed by atoms with Gasteiger partial charge in [0.05, 0.1) is 0 Å². The number of halogens is 1. The summed E-state index contributed by atoms with van der Waals surface area (Å²) in [6.07, 6.45) is 0.856. The molecule has 80 valence electrons. The Morgan fingerprint density at radius 3 is 2.60 bits per heavy atom. The summed E-state index contributed by atoms with van der Waals surface area (Å²) in [5.41, 5.74) is 1.99. The summed E-state index contributed by atoms with van der Waals surface area (Å²) in [6.45, 7) is 6.34. The number of rotatable bonds is 0. The molecule has 1 unspecified atom stereocenters. The Morgan fingerprint density at radius 2 is 2.00 bits per heavy atom. The fourth-order valence-corrected chi connectivity index (χ4v) is 2.33. The second-order valence-corrected chi connectivity index (χ2v) is 5.72. The average Bonchev–Trinajstić information content (AvgIpc) is 2.43. The van der Waals surface area contributed by atoms with Crippen LogP contribution in [0.15, 0.2) is 18.2 Å². The molecule has 0 saturated carbocycles. The highest BCUT2D eigenvalue weighted by Crippen LogP contribution is 2.38. The molecule has 1 aliphatic carbocycles. The van der Waals surface area contributed by atoms with E-state index >= 15 is 0 Å². The predicted molar refractivity (Wildman–Crippen MR) is 62.4 cm³/mol. The molecule has 0 amide bonds. The van der Waals surface area contributed by atoms with E-state index in [0.29, 0.717) is 5.02 Å². The molecular weight excluding hydrogens is 208 g/mol. The molecule has 0 radical (unpaired) electrons. The second kappa shape index (κ2) is 3.34. The third-order valence-corrected chi connectivity index (χ3v) is 3.36. The quantitative estimate of drug-likeness (QED) is 0.654. The first-order chi connectivity index (χ1) is 6.89. The smallest absolute Gasteiger partial charge is 0.167 e. The lowest BCUT2D eigenvalue weighted by atomic mass is 9.78. The van der Waals surface area contributed by atoms with Crippen molar-refractivity contribution in [2.45, 2.75) is 27.2 Å². The summed E-state index contributed by atoms with van der Waals surface area (Å²) in [5.74, 6) is 0.353. The first-order valence-corrected chi connectivity index (χ1v) is 5.60. The largest absolute Gasteiger partial charge is 0.294 e. The van der Waals surface area contributed by atoms with Crippen LogP contribution < -0.4 is 0 Å². The standard InChI is InChI=1S/C13H15ClO/c1-13(2,3)11-6-8-4-5-9(14)7-10(8)12(11)15/h4-5,7,11H,6H2,1-3H3. The van der Waals surface area contributed by atoms with Gasteiger partial charge in [0.25, 0.3) is 0 Å². The molecule has 0 heterocycles. The normalized spacial score (nSPS) is 20.5. The third-order valence-electron chi connectivity index (χ3n) is 3.12. The number of Topliss-reactive ketones (excluding diaryl/α,β-unsaturated/α-hetero) is 1. The first kappa shape index (κ1) is 10.7. The molecule has 1 aliphatic rings. The van der Waals surface area contributed by atoms with Gasteiger partial charge in [0.1, 0.15) is 0 Å². The van der Waals surface area contributed by atoms with Crippen molar-refractivity contribution in [3.63, 3.8) is 0 Å². The van der Waals surface area contributed by atoms with Crippen LogP contribution in [0.4, 0.5) is 0 Å². The van der Waals surface area contributed by atoms with Gasteiger partial charge in [-0.25, -0.2) is 0 Å². The van der Waals surface area contributed by atoms with Crippen LogP contribution in [-0.4, -0.2) is 5.78 Å². The summed E-state index contributed by atoms with van der Waals surface area (Å²) in [5, 5.41) is 0.650. The summed E-state index contributed by atoms with van der Waals surface area (Å²) >= 11 is 5.90. The van der Waals surface area contributed by atoms with Crippen LogP contribution in [0.1, 0.15) is 36.7 Å². The van der Waals surface area contributed by atoms with Gasteiger partial charge in [0, 0.05) is 16.5 Å². The van der Waals surface area contributed by atoms with Gasteiger partial charge >= 0.3 is 0 Å². The van der Waals surface area contributed by atoms with E-state index in [-0.39, 0.29) is 17.1 Å². The number of carbonyl (C=O) groups is 1. The average molecular weight is 223 g/mol. The zero-order valence-corrected chi connectivity index (χ0v) is 10.1. The second-order valence-electron chi connectivity index (χ2n) is 5.29. The Balaban J connectivity index is 2.42. The Bertz CT molecular complexity index is 415. The van der Waals surface area contributed by atoms with Gasteiger partial charge < -0.3 is 0 Å². The van der Waals surface area contributed by atoms with Gasteiger partial charge in [-0.1, -0.05) is 38.4 Å². The molecule has 1 nitrogen and oxygen atoms in total. The van der Waals surface area contributed by atoms with Crippen molar-refractivity contribution in [3.05, 3.63) is 34.3 Å². The summed E-state index contributed by atoms with van der Waals surface area (Å²) in [4.78, 5) is 12.1. The molecule has 1 aromatic rings. The fourth-order valence-electron chi connectivity index (χ4n) is 2.16. The Morgan fingerprint density at radius 1 is 1.33 bits per heavy atom. The highest BCUT2D eigenvalue weighted by atomic mass is 35.5. The van der Waals surface area contributed by atoms with Crippen LogP contribution in [0.2, 0.25) is 5.02 Å². The minimum atomic E-state index is 0.0303. The molecule has 0 spiro atoms. The van der Waals surface area contributed by atoms with Crippen molar-refractivity contribution in [1.29, 1.82) is 0 Å². The van der Waals surface area contributed by atoms with E-state index < -0.39 is 0 Å². The van der Waals surface area contributed by atoms with E-state index in [2.05, 4.69) is 20.8 Å². The highest BCUT2D eigenvalue weighted by Gasteiger charge is 2.38. The van der Waals surface area contributed by atoms with Gasteiger partial charge in [-0.05, 0) is 29.5 Å². The molecule has 1 atom stereocenters. The van der Waals surface area contributed by atoms with Gasteiger partial charge in [0.2, 0.25) is 0 Å². The third kappa shape index (κ3) is 1.81. The lowest BCUT2D eigenvalue weighted by Gasteiger charge is -2.24. The van der Waals surface area contributed by atoms with Crippen molar-refractivity contribution in [3.8, 4) is 0 Å². The number of hydrogen-bond donors (Lipinski definition) is 0. The van der Waals surface area contributed by atoms with E-state index in [9.17, 15) is 4.79 Å². The topological polar surface area (TPSA) is 17.1 Å². The van der Waals surface area contributed by atoms with E-state index in [1.165, 1.54) is 0 Å². The Labute approximate surface area is 95.4 Å². The Kier molecular flexibility index (Phi) is 2.38. The summed E-state index contributed by atoms with van der Waals surface area (Å²) in [6, 6.07) is 5.63. The van der Waals surface area contributed by atoms with Gasteiger partial charge in [-0.2, -0.15) is 0 Å². The first-order valence-electron chi connectivity index (χ1n) is 5.22. The molecule has 0 saturated heterocycles. The van der Waals surface area contributed by atoms with Crippen LogP contribution in [0, 0.1) is 11.3 Å². The number of carbonyl (C=O) groups excluding carboxylic acids is 1. The molecule has 0 aromatic heterocycles. The maximum absolute atomic E-state index is 12.1. The van der Waals surface area contributed by atoms with Crippen LogP contribution >= 0.6 is 11.6 Å². The van der Waals surface area contributed by atoms with Crippen LogP contribution in [0.3, 0.4) is 0 Å². The molecule has 2 rings (SSSR count). The number of fused-ring (bicyclic) bond motifs is 1. The van der Waals surface area contributed by atoms with Crippen molar-refractivity contribution in [2.24, 2.45) is 11.3 Å². The summed E-state index contributed by atoms with van der Waals surface area (Å²) < 4.78 is 0. The number of hydrogen-bond acceptors (Lipinski definition) is 1. The lowest BCUT2D eigenvalue weighted by Crippen LogP contribution is -2.25. The van der Waals surface area contributed by atoms with Gasteiger partial charge in [-0.3, -0.25) is 4.79 Å². The van der Waals surface area contributed by atoms with Crippen LogP contribution in [0.25, 0.3) is 0 Å². The van der Waals surface area contributed by atoms with E-state index in [1.54, 1.807) is 6.07 Å². The van der Waals surface area contributed by atoms with Crippen LogP contribution in [-0.2, 0) is 6.42 Å². The zero-order valence-electron chi connectivity index (χ0n) is 9.30.